The Labute approximate surface area is 155 Å². The van der Waals surface area contributed by atoms with Crippen molar-refractivity contribution in [2.45, 2.75) is 5.16 Å². The number of benzene rings is 2. The zero-order chi connectivity index (χ0) is 18.7. The van der Waals surface area contributed by atoms with Crippen LogP contribution in [-0.2, 0) is 11.8 Å². The summed E-state index contributed by atoms with van der Waals surface area (Å²) < 4.78 is 1.48. The summed E-state index contributed by atoms with van der Waals surface area (Å²) in [4.78, 5) is 31.1. The summed E-state index contributed by atoms with van der Waals surface area (Å²) in [5.74, 6) is 0.0311. The minimum absolute atomic E-state index is 0.113. The third-order valence-corrected chi connectivity index (χ3v) is 4.97. The molecule has 6 nitrogen and oxygen atoms in total. The topological polar surface area (TPSA) is 67.2 Å². The van der Waals surface area contributed by atoms with Gasteiger partial charge in [-0.25, -0.2) is 4.98 Å². The summed E-state index contributed by atoms with van der Waals surface area (Å²) in [6.45, 7) is 0. The summed E-state index contributed by atoms with van der Waals surface area (Å²) in [6, 6.07) is 14.8. The van der Waals surface area contributed by atoms with Gasteiger partial charge in [-0.1, -0.05) is 23.9 Å². The normalized spacial score (nSPS) is 10.7. The molecule has 0 aliphatic heterocycles. The fourth-order valence-electron chi connectivity index (χ4n) is 2.50. The zero-order valence-corrected chi connectivity index (χ0v) is 15.7. The number of para-hydroxylation sites is 1. The maximum atomic E-state index is 12.4. The van der Waals surface area contributed by atoms with Crippen molar-refractivity contribution in [1.82, 2.24) is 9.55 Å². The molecule has 1 heterocycles. The average Bonchev–Trinajstić information content (AvgIpc) is 2.64. The first-order valence-electron chi connectivity index (χ1n) is 8.11. The fraction of sp³-hybridized carbons (Fsp3) is 0.211. The lowest BCUT2D eigenvalue weighted by Crippen LogP contribution is -2.21. The SMILES string of the molecule is CN(C)c1ccc(NC(=O)CSc2nc3ccccc3c(=O)n2C)cc1. The molecule has 1 aromatic heterocycles. The molecular weight excluding hydrogens is 348 g/mol. The van der Waals surface area contributed by atoms with Gasteiger partial charge in [0.1, 0.15) is 0 Å². The highest BCUT2D eigenvalue weighted by Gasteiger charge is 2.11. The first kappa shape index (κ1) is 18.0. The summed E-state index contributed by atoms with van der Waals surface area (Å²) >= 11 is 1.24. The van der Waals surface area contributed by atoms with Gasteiger partial charge in [-0.2, -0.15) is 0 Å². The van der Waals surface area contributed by atoms with Crippen LogP contribution < -0.4 is 15.8 Å². The number of hydrogen-bond acceptors (Lipinski definition) is 5. The smallest absolute Gasteiger partial charge is 0.261 e. The number of carbonyl (C=O) groups is 1. The van der Waals surface area contributed by atoms with E-state index < -0.39 is 0 Å². The van der Waals surface area contributed by atoms with E-state index in [4.69, 9.17) is 0 Å². The van der Waals surface area contributed by atoms with Gasteiger partial charge in [-0.15, -0.1) is 0 Å². The van der Waals surface area contributed by atoms with E-state index in [2.05, 4.69) is 10.3 Å². The molecule has 0 unspecified atom stereocenters. The van der Waals surface area contributed by atoms with Gasteiger partial charge in [0.25, 0.3) is 5.56 Å². The highest BCUT2D eigenvalue weighted by molar-refractivity contribution is 7.99. The Kier molecular flexibility index (Phi) is 5.27. The van der Waals surface area contributed by atoms with Crippen LogP contribution in [0.3, 0.4) is 0 Å². The van der Waals surface area contributed by atoms with Crippen LogP contribution in [-0.4, -0.2) is 35.3 Å². The third-order valence-electron chi connectivity index (χ3n) is 3.94. The molecule has 0 atom stereocenters. The van der Waals surface area contributed by atoms with Crippen LogP contribution in [0.4, 0.5) is 11.4 Å². The molecule has 134 valence electrons. The Balaban J connectivity index is 1.69. The van der Waals surface area contributed by atoms with E-state index in [0.717, 1.165) is 11.4 Å². The molecule has 0 aliphatic carbocycles. The first-order chi connectivity index (χ1) is 12.5. The number of rotatable bonds is 5. The minimum Gasteiger partial charge on any atom is -0.378 e. The molecule has 3 aromatic rings. The predicted octanol–water partition coefficient (Wildman–Crippen LogP) is 2.73. The molecule has 0 bridgehead atoms. The molecule has 3 rings (SSSR count). The quantitative estimate of drug-likeness (QED) is 0.554. The Hall–Kier alpha value is -2.80. The molecule has 1 amide bonds. The van der Waals surface area contributed by atoms with Crippen LogP contribution in [0.15, 0.2) is 58.5 Å². The van der Waals surface area contributed by atoms with Gasteiger partial charge in [0, 0.05) is 32.5 Å². The predicted molar refractivity (Wildman–Crippen MR) is 107 cm³/mol. The van der Waals surface area contributed by atoms with Crippen LogP contribution >= 0.6 is 11.8 Å². The highest BCUT2D eigenvalue weighted by Crippen LogP contribution is 2.19. The number of anilines is 2. The number of amides is 1. The molecule has 7 heteroatoms. The van der Waals surface area contributed by atoms with Crippen LogP contribution in [0.5, 0.6) is 0 Å². The molecule has 1 N–H and O–H groups in total. The van der Waals surface area contributed by atoms with Crippen molar-refractivity contribution in [3.8, 4) is 0 Å². The fourth-order valence-corrected chi connectivity index (χ4v) is 3.27. The maximum Gasteiger partial charge on any atom is 0.261 e. The van der Waals surface area contributed by atoms with Crippen molar-refractivity contribution >= 4 is 39.9 Å². The highest BCUT2D eigenvalue weighted by atomic mass is 32.2. The van der Waals surface area contributed by atoms with E-state index in [-0.39, 0.29) is 17.2 Å². The molecule has 26 heavy (non-hydrogen) atoms. The summed E-state index contributed by atoms with van der Waals surface area (Å²) in [6.07, 6.45) is 0. The average molecular weight is 368 g/mol. The van der Waals surface area contributed by atoms with Gasteiger partial charge >= 0.3 is 0 Å². The number of aromatic nitrogens is 2. The van der Waals surface area contributed by atoms with E-state index >= 15 is 0 Å². The lowest BCUT2D eigenvalue weighted by molar-refractivity contribution is -0.113. The van der Waals surface area contributed by atoms with Crippen molar-refractivity contribution < 1.29 is 4.79 Å². The van der Waals surface area contributed by atoms with Crippen LogP contribution in [0.1, 0.15) is 0 Å². The van der Waals surface area contributed by atoms with E-state index in [0.29, 0.717) is 16.1 Å². The second-order valence-corrected chi connectivity index (χ2v) is 7.00. The zero-order valence-electron chi connectivity index (χ0n) is 14.9. The standard InChI is InChI=1S/C19H20N4O2S/c1-22(2)14-10-8-13(9-11-14)20-17(24)12-26-19-21-16-7-5-4-6-15(16)18(25)23(19)3/h4-11H,12H2,1-3H3,(H,20,24). The van der Waals surface area contributed by atoms with Crippen molar-refractivity contribution in [3.63, 3.8) is 0 Å². The van der Waals surface area contributed by atoms with Crippen molar-refractivity contribution in [3.05, 3.63) is 58.9 Å². The molecule has 0 saturated heterocycles. The third kappa shape index (κ3) is 3.88. The van der Waals surface area contributed by atoms with Gasteiger partial charge in [-0.3, -0.25) is 14.2 Å². The van der Waals surface area contributed by atoms with E-state index in [1.54, 1.807) is 19.2 Å². The summed E-state index contributed by atoms with van der Waals surface area (Å²) in [5, 5.41) is 3.95. The lowest BCUT2D eigenvalue weighted by atomic mass is 10.2. The van der Waals surface area contributed by atoms with Crippen molar-refractivity contribution in [2.24, 2.45) is 7.05 Å². The largest absolute Gasteiger partial charge is 0.378 e. The molecular formula is C19H20N4O2S. The Bertz CT molecular complexity index is 997. The molecule has 0 fully saturated rings. The van der Waals surface area contributed by atoms with Gasteiger partial charge < -0.3 is 10.2 Å². The number of nitrogens with one attached hydrogen (secondary N) is 1. The van der Waals surface area contributed by atoms with E-state index in [1.165, 1.54) is 16.3 Å². The second kappa shape index (κ2) is 7.61. The number of fused-ring (bicyclic) bond motifs is 1. The maximum absolute atomic E-state index is 12.4. The summed E-state index contributed by atoms with van der Waals surface area (Å²) in [5.41, 5.74) is 2.32. The monoisotopic (exact) mass is 368 g/mol. The van der Waals surface area contributed by atoms with Gasteiger partial charge in [0.15, 0.2) is 5.16 Å². The Morgan fingerprint density at radius 2 is 1.85 bits per heavy atom. The van der Waals surface area contributed by atoms with E-state index in [1.807, 2.05) is 55.4 Å². The van der Waals surface area contributed by atoms with Crippen LogP contribution in [0.2, 0.25) is 0 Å². The number of carbonyl (C=O) groups excluding carboxylic acids is 1. The van der Waals surface area contributed by atoms with Crippen molar-refractivity contribution in [1.29, 1.82) is 0 Å². The number of thioether (sulfide) groups is 1. The van der Waals surface area contributed by atoms with Gasteiger partial charge in [0.05, 0.1) is 16.7 Å². The molecule has 0 aliphatic rings. The molecule has 2 aromatic carbocycles. The molecule has 0 spiro atoms. The Morgan fingerprint density at radius 1 is 1.15 bits per heavy atom. The lowest BCUT2D eigenvalue weighted by Gasteiger charge is -2.13. The van der Waals surface area contributed by atoms with Crippen molar-refractivity contribution in [2.75, 3.05) is 30.1 Å². The van der Waals surface area contributed by atoms with Crippen LogP contribution in [0.25, 0.3) is 10.9 Å². The van der Waals surface area contributed by atoms with Gasteiger partial charge in [-0.05, 0) is 36.4 Å². The van der Waals surface area contributed by atoms with Gasteiger partial charge in [0.2, 0.25) is 5.91 Å². The second-order valence-electron chi connectivity index (χ2n) is 6.05. The minimum atomic E-state index is -0.144. The Morgan fingerprint density at radius 3 is 2.54 bits per heavy atom. The van der Waals surface area contributed by atoms with Crippen LogP contribution in [0, 0.1) is 0 Å². The molecule has 0 saturated carbocycles. The number of nitrogens with zero attached hydrogens (tertiary/aromatic N) is 3. The molecule has 0 radical (unpaired) electrons. The summed E-state index contributed by atoms with van der Waals surface area (Å²) in [7, 11) is 5.60. The van der Waals surface area contributed by atoms with E-state index in [9.17, 15) is 9.59 Å². The first-order valence-corrected chi connectivity index (χ1v) is 9.10. The number of hydrogen-bond donors (Lipinski definition) is 1.